The Labute approximate surface area is 145 Å². The molecule has 4 heterocycles. The third kappa shape index (κ3) is 2.07. The average Bonchev–Trinajstić information content (AvgIpc) is 2.64. The number of nitrogens with zero attached hydrogens (tertiary/aromatic N) is 5. The predicted molar refractivity (Wildman–Crippen MR) is 89.5 cm³/mol. The lowest BCUT2D eigenvalue weighted by Gasteiger charge is -2.47. The van der Waals surface area contributed by atoms with E-state index in [9.17, 15) is 19.2 Å². The van der Waals surface area contributed by atoms with E-state index in [0.717, 1.165) is 4.68 Å². The average molecular weight is 350 g/mol. The van der Waals surface area contributed by atoms with E-state index >= 15 is 0 Å². The SMILES string of the molecule is O=C1[N]C(n2ccccc2=O)C1(n1ccc(=O)cc1)n1ncccc1=O. The Kier molecular flexibility index (Phi) is 3.43. The first-order valence-electron chi connectivity index (χ1n) is 7.71. The fourth-order valence-electron chi connectivity index (χ4n) is 3.05. The lowest BCUT2D eigenvalue weighted by atomic mass is 9.95. The van der Waals surface area contributed by atoms with Crippen molar-refractivity contribution in [3.05, 3.63) is 98.2 Å². The van der Waals surface area contributed by atoms with Gasteiger partial charge in [0.1, 0.15) is 0 Å². The third-order valence-corrected chi connectivity index (χ3v) is 4.26. The van der Waals surface area contributed by atoms with Gasteiger partial charge in [0.2, 0.25) is 0 Å². The van der Waals surface area contributed by atoms with Crippen LogP contribution in [-0.2, 0) is 10.5 Å². The van der Waals surface area contributed by atoms with Crippen molar-refractivity contribution in [1.29, 1.82) is 0 Å². The zero-order valence-electron chi connectivity index (χ0n) is 13.3. The highest BCUT2D eigenvalue weighted by atomic mass is 16.2. The predicted octanol–water partition coefficient (Wildman–Crippen LogP) is -0.889. The Bertz CT molecular complexity index is 1160. The molecule has 9 nitrogen and oxygen atoms in total. The molecule has 1 radical (unpaired) electrons. The summed E-state index contributed by atoms with van der Waals surface area (Å²) in [6, 6.07) is 9.73. The van der Waals surface area contributed by atoms with Gasteiger partial charge in [-0.3, -0.25) is 23.7 Å². The van der Waals surface area contributed by atoms with Crippen LogP contribution < -0.4 is 21.9 Å². The number of pyridine rings is 2. The number of carbonyl (C=O) groups excluding carboxylic acids is 1. The van der Waals surface area contributed by atoms with Gasteiger partial charge < -0.3 is 4.57 Å². The number of β-lactam (4-membered cyclic amide) rings is 1. The van der Waals surface area contributed by atoms with E-state index in [4.69, 9.17) is 0 Å². The molecule has 2 atom stereocenters. The minimum atomic E-state index is -1.71. The highest BCUT2D eigenvalue weighted by Crippen LogP contribution is 2.38. The Hall–Kier alpha value is -3.75. The summed E-state index contributed by atoms with van der Waals surface area (Å²) in [7, 11) is 0. The number of amides is 1. The van der Waals surface area contributed by atoms with E-state index in [2.05, 4.69) is 10.4 Å². The fraction of sp³-hybridized carbons (Fsp3) is 0.118. The van der Waals surface area contributed by atoms with Gasteiger partial charge in [-0.15, -0.1) is 0 Å². The maximum absolute atomic E-state index is 12.7. The van der Waals surface area contributed by atoms with Crippen LogP contribution in [0.15, 0.2) is 81.6 Å². The number of rotatable bonds is 3. The van der Waals surface area contributed by atoms with E-state index < -0.39 is 23.3 Å². The van der Waals surface area contributed by atoms with Gasteiger partial charge in [0, 0.05) is 49.1 Å². The summed E-state index contributed by atoms with van der Waals surface area (Å²) >= 11 is 0. The molecule has 0 aromatic carbocycles. The third-order valence-electron chi connectivity index (χ3n) is 4.26. The monoisotopic (exact) mass is 350 g/mol. The lowest BCUT2D eigenvalue weighted by Crippen LogP contribution is -2.72. The quantitative estimate of drug-likeness (QED) is 0.569. The van der Waals surface area contributed by atoms with E-state index in [-0.39, 0.29) is 11.0 Å². The molecule has 3 aromatic heterocycles. The maximum atomic E-state index is 12.7. The second-order valence-electron chi connectivity index (χ2n) is 5.70. The smallest absolute Gasteiger partial charge is 0.296 e. The number of aromatic nitrogens is 4. The van der Waals surface area contributed by atoms with Crippen molar-refractivity contribution in [1.82, 2.24) is 24.2 Å². The first-order valence-corrected chi connectivity index (χ1v) is 7.71. The molecule has 0 spiro atoms. The minimum Gasteiger partial charge on any atom is -0.318 e. The van der Waals surface area contributed by atoms with Crippen molar-refractivity contribution in [3.63, 3.8) is 0 Å². The summed E-state index contributed by atoms with van der Waals surface area (Å²) in [5, 5.41) is 7.98. The second kappa shape index (κ2) is 5.66. The van der Waals surface area contributed by atoms with Gasteiger partial charge >= 0.3 is 0 Å². The van der Waals surface area contributed by atoms with Crippen LogP contribution in [0, 0.1) is 0 Å². The van der Waals surface area contributed by atoms with Gasteiger partial charge in [0.15, 0.2) is 11.6 Å². The molecule has 0 saturated carbocycles. The molecule has 0 aliphatic carbocycles. The fourth-order valence-corrected chi connectivity index (χ4v) is 3.05. The van der Waals surface area contributed by atoms with E-state index in [1.54, 1.807) is 12.1 Å². The maximum Gasteiger partial charge on any atom is 0.296 e. The molecule has 4 rings (SSSR count). The molecule has 0 N–H and O–H groups in total. The molecule has 1 fully saturated rings. The molecule has 1 saturated heterocycles. The summed E-state index contributed by atoms with van der Waals surface area (Å²) in [5.74, 6) is -0.650. The number of hydrogen-bond acceptors (Lipinski definition) is 5. The molecular weight excluding hydrogens is 338 g/mol. The Balaban J connectivity index is 2.04. The Morgan fingerprint density at radius 2 is 1.58 bits per heavy atom. The molecule has 129 valence electrons. The highest BCUT2D eigenvalue weighted by Gasteiger charge is 2.63. The molecule has 3 aromatic rings. The first kappa shape index (κ1) is 15.8. The zero-order chi connectivity index (χ0) is 18.3. The van der Waals surface area contributed by atoms with Crippen molar-refractivity contribution in [3.8, 4) is 0 Å². The molecule has 0 bridgehead atoms. The van der Waals surface area contributed by atoms with Gasteiger partial charge in [-0.1, -0.05) is 6.07 Å². The van der Waals surface area contributed by atoms with Crippen LogP contribution in [0.3, 0.4) is 0 Å². The summed E-state index contributed by atoms with van der Waals surface area (Å²) in [5.41, 5.74) is -2.90. The molecule has 26 heavy (non-hydrogen) atoms. The molecule has 1 amide bonds. The minimum absolute atomic E-state index is 0.262. The molecule has 9 heteroatoms. The summed E-state index contributed by atoms with van der Waals surface area (Å²) < 4.78 is 3.61. The van der Waals surface area contributed by atoms with Crippen LogP contribution in [0.2, 0.25) is 0 Å². The van der Waals surface area contributed by atoms with E-state index in [1.165, 1.54) is 64.3 Å². The van der Waals surface area contributed by atoms with Crippen molar-refractivity contribution in [2.45, 2.75) is 11.8 Å². The van der Waals surface area contributed by atoms with Crippen molar-refractivity contribution in [2.24, 2.45) is 0 Å². The Morgan fingerprint density at radius 3 is 2.23 bits per heavy atom. The topological polar surface area (TPSA) is 110 Å². The van der Waals surface area contributed by atoms with Crippen LogP contribution in [0.5, 0.6) is 0 Å². The van der Waals surface area contributed by atoms with Gasteiger partial charge in [-0.25, -0.2) is 5.32 Å². The van der Waals surface area contributed by atoms with Crippen molar-refractivity contribution in [2.75, 3.05) is 0 Å². The van der Waals surface area contributed by atoms with Crippen LogP contribution in [0.1, 0.15) is 6.17 Å². The van der Waals surface area contributed by atoms with Crippen LogP contribution in [0.25, 0.3) is 0 Å². The molecular formula is C17H12N5O4. The molecule has 1 aliphatic heterocycles. The second-order valence-corrected chi connectivity index (χ2v) is 5.70. The highest BCUT2D eigenvalue weighted by molar-refractivity contribution is 5.90. The van der Waals surface area contributed by atoms with Gasteiger partial charge in [-0.05, 0) is 12.1 Å². The van der Waals surface area contributed by atoms with Gasteiger partial charge in [-0.2, -0.15) is 9.78 Å². The Morgan fingerprint density at radius 1 is 0.846 bits per heavy atom. The zero-order valence-corrected chi connectivity index (χ0v) is 13.3. The number of carbonyl (C=O) groups is 1. The van der Waals surface area contributed by atoms with Crippen LogP contribution >= 0.6 is 0 Å². The normalized spacial score (nSPS) is 21.7. The number of hydrogen-bond donors (Lipinski definition) is 0. The van der Waals surface area contributed by atoms with Crippen molar-refractivity contribution >= 4 is 5.91 Å². The standard InChI is InChI=1S/C17H12N5O4/c23-12-6-10-20(11-7-12)17(22-14(25)5-3-8-18-22)15(19-16(17)26)21-9-2-1-4-13(21)24/h1-11,15H. The lowest BCUT2D eigenvalue weighted by molar-refractivity contribution is -0.155. The van der Waals surface area contributed by atoms with E-state index in [1.807, 2.05) is 0 Å². The molecule has 1 aliphatic rings. The summed E-state index contributed by atoms with van der Waals surface area (Å²) in [4.78, 5) is 48.9. The summed E-state index contributed by atoms with van der Waals surface area (Å²) in [6.07, 6.45) is 4.56. The summed E-state index contributed by atoms with van der Waals surface area (Å²) in [6.45, 7) is 0. The van der Waals surface area contributed by atoms with Crippen LogP contribution in [0.4, 0.5) is 0 Å². The first-order chi connectivity index (χ1) is 12.5. The van der Waals surface area contributed by atoms with Gasteiger partial charge in [0.05, 0.1) is 0 Å². The van der Waals surface area contributed by atoms with Crippen molar-refractivity contribution < 1.29 is 4.79 Å². The van der Waals surface area contributed by atoms with E-state index in [0.29, 0.717) is 0 Å². The molecule has 2 unspecified atom stereocenters. The largest absolute Gasteiger partial charge is 0.318 e. The van der Waals surface area contributed by atoms with Gasteiger partial charge in [0.25, 0.3) is 22.7 Å². The van der Waals surface area contributed by atoms with Crippen LogP contribution in [-0.4, -0.2) is 24.8 Å².